The maximum Gasteiger partial charge on any atom is 0.162 e. The van der Waals surface area contributed by atoms with Gasteiger partial charge in [-0.2, -0.15) is 5.10 Å². The van der Waals surface area contributed by atoms with Gasteiger partial charge in [0.05, 0.1) is 23.6 Å². The first-order valence-corrected chi connectivity index (χ1v) is 8.79. The summed E-state index contributed by atoms with van der Waals surface area (Å²) in [6, 6.07) is 29.1. The molecule has 1 atom stereocenters. The molecule has 5 rings (SSSR count). The highest BCUT2D eigenvalue weighted by Crippen LogP contribution is 2.25. The van der Waals surface area contributed by atoms with Gasteiger partial charge in [0, 0.05) is 5.56 Å². The third kappa shape index (κ3) is 2.47. The quantitative estimate of drug-likeness (QED) is 0.597. The van der Waals surface area contributed by atoms with Crippen molar-refractivity contribution in [2.24, 2.45) is 5.10 Å². The zero-order chi connectivity index (χ0) is 17.3. The van der Waals surface area contributed by atoms with Crippen LogP contribution in [0.4, 0.5) is 0 Å². The van der Waals surface area contributed by atoms with E-state index < -0.39 is 0 Å². The molecular formula is C22H18N4. The fourth-order valence-corrected chi connectivity index (χ4v) is 3.51. The maximum absolute atomic E-state index is 4.89. The van der Waals surface area contributed by atoms with Crippen LogP contribution >= 0.6 is 0 Å². The highest BCUT2D eigenvalue weighted by Gasteiger charge is 2.24. The summed E-state index contributed by atoms with van der Waals surface area (Å²) >= 11 is 0. The fourth-order valence-electron chi connectivity index (χ4n) is 3.51. The topological polar surface area (TPSA) is 42.2 Å². The van der Waals surface area contributed by atoms with Crippen molar-refractivity contribution < 1.29 is 0 Å². The fraction of sp³-hybridized carbons (Fsp3) is 0.0909. The number of aromatic nitrogens is 2. The minimum absolute atomic E-state index is 0.0915. The van der Waals surface area contributed by atoms with Crippen LogP contribution in [0.1, 0.15) is 23.0 Å². The Morgan fingerprint density at radius 2 is 1.50 bits per heavy atom. The molecular weight excluding hydrogens is 320 g/mol. The van der Waals surface area contributed by atoms with E-state index in [1.54, 1.807) is 0 Å². The van der Waals surface area contributed by atoms with Crippen LogP contribution in [0, 0.1) is 0 Å². The first-order valence-electron chi connectivity index (χ1n) is 8.79. The van der Waals surface area contributed by atoms with E-state index in [4.69, 9.17) is 10.1 Å². The lowest BCUT2D eigenvalue weighted by atomic mass is 10.1. The third-order valence-electron chi connectivity index (χ3n) is 4.81. The van der Waals surface area contributed by atoms with Crippen molar-refractivity contribution in [3.05, 3.63) is 102 Å². The van der Waals surface area contributed by atoms with Crippen LogP contribution in [0.5, 0.6) is 0 Å². The lowest BCUT2D eigenvalue weighted by molar-refractivity contribution is 0.493. The summed E-state index contributed by atoms with van der Waals surface area (Å²) in [7, 11) is 0. The summed E-state index contributed by atoms with van der Waals surface area (Å²) < 4.78 is 2.28. The van der Waals surface area contributed by atoms with Crippen LogP contribution < -0.4 is 5.43 Å². The van der Waals surface area contributed by atoms with Crippen molar-refractivity contribution in [3.63, 3.8) is 0 Å². The molecule has 1 aliphatic heterocycles. The van der Waals surface area contributed by atoms with Crippen LogP contribution in [-0.4, -0.2) is 15.3 Å². The summed E-state index contributed by atoms with van der Waals surface area (Å²) in [4.78, 5) is 4.89. The third-order valence-corrected chi connectivity index (χ3v) is 4.81. The standard InChI is InChI=1S/C22H18N4/c1-3-9-16(10-4-1)19-15-26-20-14-8-7-13-18(20)23-22(26)21(25-24-19)17-11-5-2-6-12-17/h1-14,19,24H,15H2. The molecule has 4 aromatic rings. The van der Waals surface area contributed by atoms with E-state index in [9.17, 15) is 0 Å². The summed E-state index contributed by atoms with van der Waals surface area (Å²) in [6.07, 6.45) is 0. The van der Waals surface area contributed by atoms with Crippen LogP contribution in [-0.2, 0) is 6.54 Å². The van der Waals surface area contributed by atoms with Gasteiger partial charge in [-0.05, 0) is 17.7 Å². The molecule has 1 aromatic heterocycles. The molecule has 0 saturated carbocycles. The normalized spacial score (nSPS) is 16.5. The molecule has 26 heavy (non-hydrogen) atoms. The molecule has 0 bridgehead atoms. The Labute approximate surface area is 151 Å². The zero-order valence-electron chi connectivity index (χ0n) is 14.2. The van der Waals surface area contributed by atoms with Crippen molar-refractivity contribution in [2.75, 3.05) is 0 Å². The molecule has 0 radical (unpaired) electrons. The molecule has 0 aliphatic carbocycles. The molecule has 0 saturated heterocycles. The number of para-hydroxylation sites is 2. The van der Waals surface area contributed by atoms with Gasteiger partial charge in [-0.3, -0.25) is 0 Å². The molecule has 4 nitrogen and oxygen atoms in total. The van der Waals surface area contributed by atoms with Gasteiger partial charge < -0.3 is 9.99 Å². The van der Waals surface area contributed by atoms with Gasteiger partial charge in [0.25, 0.3) is 0 Å². The van der Waals surface area contributed by atoms with Gasteiger partial charge in [-0.25, -0.2) is 4.98 Å². The van der Waals surface area contributed by atoms with Crippen LogP contribution in [0.15, 0.2) is 90.0 Å². The van der Waals surface area contributed by atoms with Crippen molar-refractivity contribution >= 4 is 16.7 Å². The number of hydrazone groups is 1. The molecule has 0 spiro atoms. The largest absolute Gasteiger partial charge is 0.320 e. The minimum Gasteiger partial charge on any atom is -0.320 e. The first kappa shape index (κ1) is 14.9. The Bertz CT molecular complexity index is 1080. The molecule has 3 aromatic carbocycles. The lowest BCUT2D eigenvalue weighted by Crippen LogP contribution is -2.19. The van der Waals surface area contributed by atoms with Crippen LogP contribution in [0.3, 0.4) is 0 Å². The van der Waals surface area contributed by atoms with Gasteiger partial charge in [0.1, 0.15) is 5.71 Å². The number of rotatable bonds is 2. The molecule has 1 N–H and O–H groups in total. The molecule has 1 aliphatic rings. The predicted octanol–water partition coefficient (Wildman–Crippen LogP) is 4.13. The van der Waals surface area contributed by atoms with Crippen molar-refractivity contribution in [1.29, 1.82) is 0 Å². The number of imidazole rings is 1. The summed E-state index contributed by atoms with van der Waals surface area (Å²) in [5, 5.41) is 4.77. The van der Waals surface area contributed by atoms with E-state index in [0.29, 0.717) is 0 Å². The Hall–Kier alpha value is -3.40. The Kier molecular flexibility index (Phi) is 3.53. The predicted molar refractivity (Wildman–Crippen MR) is 104 cm³/mol. The van der Waals surface area contributed by atoms with Gasteiger partial charge in [0.15, 0.2) is 5.82 Å². The molecule has 0 fully saturated rings. The maximum atomic E-state index is 4.89. The second kappa shape index (κ2) is 6.15. The van der Waals surface area contributed by atoms with Crippen LogP contribution in [0.25, 0.3) is 11.0 Å². The van der Waals surface area contributed by atoms with E-state index in [2.05, 4.69) is 64.6 Å². The smallest absolute Gasteiger partial charge is 0.162 e. The summed E-state index contributed by atoms with van der Waals surface area (Å²) in [5.74, 6) is 0.906. The number of hydrogen-bond donors (Lipinski definition) is 1. The number of fused-ring (bicyclic) bond motifs is 3. The van der Waals surface area contributed by atoms with E-state index in [0.717, 1.165) is 34.7 Å². The van der Waals surface area contributed by atoms with Gasteiger partial charge in [0.2, 0.25) is 0 Å². The second-order valence-electron chi connectivity index (χ2n) is 6.45. The van der Waals surface area contributed by atoms with Gasteiger partial charge >= 0.3 is 0 Å². The molecule has 4 heteroatoms. The minimum atomic E-state index is 0.0915. The summed E-state index contributed by atoms with van der Waals surface area (Å²) in [5.41, 5.74) is 8.66. The average Bonchev–Trinajstić information content (AvgIpc) is 2.96. The molecule has 0 amide bonds. The molecule has 126 valence electrons. The molecule has 2 heterocycles. The van der Waals surface area contributed by atoms with Crippen molar-refractivity contribution in [3.8, 4) is 0 Å². The van der Waals surface area contributed by atoms with Crippen molar-refractivity contribution in [1.82, 2.24) is 15.0 Å². The van der Waals surface area contributed by atoms with Gasteiger partial charge in [-0.15, -0.1) is 0 Å². The van der Waals surface area contributed by atoms with Crippen LogP contribution in [0.2, 0.25) is 0 Å². The zero-order valence-corrected chi connectivity index (χ0v) is 14.2. The average molecular weight is 338 g/mol. The first-order chi connectivity index (χ1) is 12.9. The van der Waals surface area contributed by atoms with E-state index in [1.165, 1.54) is 5.56 Å². The number of hydrogen-bond acceptors (Lipinski definition) is 3. The number of nitrogens with one attached hydrogen (secondary N) is 1. The molecule has 1 unspecified atom stereocenters. The Morgan fingerprint density at radius 3 is 2.31 bits per heavy atom. The number of benzene rings is 3. The van der Waals surface area contributed by atoms with E-state index >= 15 is 0 Å². The summed E-state index contributed by atoms with van der Waals surface area (Å²) in [6.45, 7) is 0.777. The van der Waals surface area contributed by atoms with Crippen molar-refractivity contribution in [2.45, 2.75) is 12.6 Å². The highest BCUT2D eigenvalue weighted by atomic mass is 15.3. The SMILES string of the molecule is c1ccc(C2=NNC(c3ccccc3)Cn3c2nc2ccccc23)cc1. The Morgan fingerprint density at radius 1 is 0.808 bits per heavy atom. The van der Waals surface area contributed by atoms with E-state index in [1.807, 2.05) is 30.3 Å². The second-order valence-corrected chi connectivity index (χ2v) is 6.45. The Balaban J connectivity index is 1.71. The lowest BCUT2D eigenvalue weighted by Gasteiger charge is -2.16. The number of nitrogens with zero attached hydrogens (tertiary/aromatic N) is 3. The highest BCUT2D eigenvalue weighted by molar-refractivity contribution is 6.12. The van der Waals surface area contributed by atoms with Gasteiger partial charge in [-0.1, -0.05) is 72.8 Å². The monoisotopic (exact) mass is 338 g/mol. The van der Waals surface area contributed by atoms with E-state index in [-0.39, 0.29) is 6.04 Å².